The Labute approximate surface area is 191 Å². The Balaban J connectivity index is 1.59. The van der Waals surface area contributed by atoms with Crippen LogP contribution in [0.25, 0.3) is 0 Å². The number of nitrogens with zero attached hydrogens (tertiary/aromatic N) is 2. The zero-order valence-corrected chi connectivity index (χ0v) is 18.0. The number of anilines is 2. The van der Waals surface area contributed by atoms with Gasteiger partial charge in [-0.2, -0.15) is 0 Å². The molecule has 0 aliphatic heterocycles. The number of aromatic nitrogens is 1. The fourth-order valence-corrected chi connectivity index (χ4v) is 3.17. The van der Waals surface area contributed by atoms with Crippen LogP contribution in [0.2, 0.25) is 0 Å². The summed E-state index contributed by atoms with van der Waals surface area (Å²) in [4.78, 5) is 42.6. The fraction of sp³-hybridized carbons (Fsp3) is 0.200. The minimum absolute atomic E-state index is 0.00848. The number of rotatable bonds is 10. The third-order valence-electron chi connectivity index (χ3n) is 4.82. The van der Waals surface area contributed by atoms with Crippen LogP contribution in [-0.4, -0.2) is 35.8 Å². The van der Waals surface area contributed by atoms with Crippen molar-refractivity contribution in [2.24, 2.45) is 0 Å². The third kappa shape index (κ3) is 7.53. The first-order valence-electron chi connectivity index (χ1n) is 10.6. The van der Waals surface area contributed by atoms with Gasteiger partial charge in [0.05, 0.1) is 5.69 Å². The normalized spacial score (nSPS) is 10.3. The number of hydrogen-bond donors (Lipinski definition) is 2. The average molecular weight is 448 g/mol. The minimum atomic E-state index is -0.624. The fourth-order valence-electron chi connectivity index (χ4n) is 3.17. The minimum Gasteiger partial charge on any atom is -0.354 e. The van der Waals surface area contributed by atoms with Gasteiger partial charge in [-0.1, -0.05) is 48.5 Å². The maximum Gasteiger partial charge on any atom is 0.240 e. The number of halogens is 1. The largest absolute Gasteiger partial charge is 0.354 e. The van der Waals surface area contributed by atoms with Crippen LogP contribution in [0.1, 0.15) is 18.4 Å². The molecule has 2 N–H and O–H groups in total. The van der Waals surface area contributed by atoms with Gasteiger partial charge in [0.1, 0.15) is 18.2 Å². The number of hydrogen-bond acceptors (Lipinski definition) is 4. The van der Waals surface area contributed by atoms with Gasteiger partial charge in [-0.15, -0.1) is 0 Å². The summed E-state index contributed by atoms with van der Waals surface area (Å²) in [6.45, 7) is 0.0328. The van der Waals surface area contributed by atoms with Crippen molar-refractivity contribution in [1.82, 2.24) is 10.3 Å². The van der Waals surface area contributed by atoms with Gasteiger partial charge in [0, 0.05) is 25.6 Å². The molecule has 0 fully saturated rings. The topological polar surface area (TPSA) is 91.4 Å². The molecule has 3 amide bonds. The van der Waals surface area contributed by atoms with E-state index in [1.165, 1.54) is 24.4 Å². The highest BCUT2D eigenvalue weighted by Gasteiger charge is 2.22. The highest BCUT2D eigenvalue weighted by molar-refractivity contribution is 6.01. The lowest BCUT2D eigenvalue weighted by molar-refractivity contribution is -0.125. The van der Waals surface area contributed by atoms with Crippen molar-refractivity contribution in [1.29, 1.82) is 0 Å². The lowest BCUT2D eigenvalue weighted by atomic mass is 10.1. The second kappa shape index (κ2) is 12.1. The van der Waals surface area contributed by atoms with E-state index in [1.807, 2.05) is 30.3 Å². The van der Waals surface area contributed by atoms with E-state index in [0.717, 1.165) is 10.5 Å². The molecule has 0 saturated heterocycles. The number of carbonyl (C=O) groups excluding carboxylic acids is 3. The number of nitrogens with one attached hydrogen (secondary N) is 2. The monoisotopic (exact) mass is 448 g/mol. The van der Waals surface area contributed by atoms with Gasteiger partial charge in [0.25, 0.3) is 0 Å². The molecule has 1 aromatic heterocycles. The van der Waals surface area contributed by atoms with Crippen LogP contribution >= 0.6 is 0 Å². The average Bonchev–Trinajstić information content (AvgIpc) is 2.83. The smallest absolute Gasteiger partial charge is 0.240 e. The molecular formula is C25H25FN4O3. The third-order valence-corrected chi connectivity index (χ3v) is 4.82. The summed E-state index contributed by atoms with van der Waals surface area (Å²) < 4.78 is 14.4. The number of pyridine rings is 1. The summed E-state index contributed by atoms with van der Waals surface area (Å²) >= 11 is 0. The first-order valence-corrected chi connectivity index (χ1v) is 10.6. The molecule has 7 nitrogen and oxygen atoms in total. The van der Waals surface area contributed by atoms with Crippen molar-refractivity contribution >= 4 is 29.2 Å². The predicted molar refractivity (Wildman–Crippen MR) is 124 cm³/mol. The molecule has 33 heavy (non-hydrogen) atoms. The first kappa shape index (κ1) is 23.6. The van der Waals surface area contributed by atoms with Gasteiger partial charge < -0.3 is 15.5 Å². The van der Waals surface area contributed by atoms with Gasteiger partial charge in [-0.25, -0.2) is 9.37 Å². The Kier molecular flexibility index (Phi) is 8.64. The highest BCUT2D eigenvalue weighted by atomic mass is 19.1. The molecule has 0 radical (unpaired) electrons. The van der Waals surface area contributed by atoms with Gasteiger partial charge in [-0.05, 0) is 36.2 Å². The van der Waals surface area contributed by atoms with Crippen LogP contribution in [0, 0.1) is 5.82 Å². The number of carbonyl (C=O) groups is 3. The van der Waals surface area contributed by atoms with Crippen molar-refractivity contribution in [2.75, 3.05) is 23.3 Å². The van der Waals surface area contributed by atoms with E-state index >= 15 is 0 Å². The summed E-state index contributed by atoms with van der Waals surface area (Å²) in [5.41, 5.74) is 1.06. The second-order valence-electron chi connectivity index (χ2n) is 7.28. The van der Waals surface area contributed by atoms with Crippen molar-refractivity contribution < 1.29 is 18.8 Å². The summed E-state index contributed by atoms with van der Waals surface area (Å²) in [6.07, 6.45) is 1.85. The molecule has 0 aliphatic rings. The van der Waals surface area contributed by atoms with E-state index < -0.39 is 23.5 Å². The molecule has 0 bridgehead atoms. The van der Waals surface area contributed by atoms with Crippen LogP contribution in [0.4, 0.5) is 15.9 Å². The van der Waals surface area contributed by atoms with Crippen molar-refractivity contribution in [3.63, 3.8) is 0 Å². The Bertz CT molecular complexity index is 1080. The van der Waals surface area contributed by atoms with Crippen molar-refractivity contribution in [3.8, 4) is 0 Å². The van der Waals surface area contributed by atoms with Gasteiger partial charge in [0.15, 0.2) is 0 Å². The Morgan fingerprint density at radius 3 is 2.30 bits per heavy atom. The van der Waals surface area contributed by atoms with Crippen LogP contribution in [-0.2, 0) is 20.8 Å². The summed E-state index contributed by atoms with van der Waals surface area (Å²) in [6, 6.07) is 20.5. The molecule has 0 aliphatic carbocycles. The summed E-state index contributed by atoms with van der Waals surface area (Å²) in [7, 11) is 0. The first-order chi connectivity index (χ1) is 16.0. The molecule has 3 aromatic rings. The van der Waals surface area contributed by atoms with Crippen LogP contribution in [0.5, 0.6) is 0 Å². The van der Waals surface area contributed by atoms with E-state index in [1.54, 1.807) is 24.3 Å². The Morgan fingerprint density at radius 1 is 0.848 bits per heavy atom. The van der Waals surface area contributed by atoms with E-state index in [4.69, 9.17) is 0 Å². The van der Waals surface area contributed by atoms with E-state index in [0.29, 0.717) is 18.8 Å². The molecule has 2 aromatic carbocycles. The molecule has 8 heteroatoms. The summed E-state index contributed by atoms with van der Waals surface area (Å²) in [5.74, 6) is -1.60. The molecular weight excluding hydrogens is 423 g/mol. The SMILES string of the molecule is O=C(CN(C(=O)CCC(=O)Nc1ccccn1)c1ccccc1F)NCCc1ccccc1. The molecule has 3 rings (SSSR count). The van der Waals surface area contributed by atoms with E-state index in [2.05, 4.69) is 15.6 Å². The Hall–Kier alpha value is -4.07. The lowest BCUT2D eigenvalue weighted by Gasteiger charge is -2.23. The molecule has 1 heterocycles. The van der Waals surface area contributed by atoms with Gasteiger partial charge in [0.2, 0.25) is 17.7 Å². The maximum atomic E-state index is 14.4. The predicted octanol–water partition coefficient (Wildman–Crippen LogP) is 3.33. The van der Waals surface area contributed by atoms with Crippen LogP contribution in [0.15, 0.2) is 79.0 Å². The molecule has 170 valence electrons. The summed E-state index contributed by atoms with van der Waals surface area (Å²) in [5, 5.41) is 5.36. The van der Waals surface area contributed by atoms with Crippen molar-refractivity contribution in [2.45, 2.75) is 19.3 Å². The molecule has 0 atom stereocenters. The number of para-hydroxylation sites is 1. The zero-order chi connectivity index (χ0) is 23.5. The zero-order valence-electron chi connectivity index (χ0n) is 18.0. The molecule has 0 spiro atoms. The molecule has 0 unspecified atom stereocenters. The standard InChI is InChI=1S/C25H25FN4O3/c26-20-10-4-5-11-21(20)30(18-24(32)28-17-15-19-8-2-1-3-9-19)25(33)14-13-23(31)29-22-12-6-7-16-27-22/h1-12,16H,13-15,17-18H2,(H,28,32)(H,27,29,31). The van der Waals surface area contributed by atoms with Gasteiger partial charge >= 0.3 is 0 Å². The highest BCUT2D eigenvalue weighted by Crippen LogP contribution is 2.20. The number of benzene rings is 2. The van der Waals surface area contributed by atoms with Crippen molar-refractivity contribution in [3.05, 3.63) is 90.4 Å². The van der Waals surface area contributed by atoms with E-state index in [9.17, 15) is 18.8 Å². The van der Waals surface area contributed by atoms with Crippen LogP contribution in [0.3, 0.4) is 0 Å². The van der Waals surface area contributed by atoms with Gasteiger partial charge in [-0.3, -0.25) is 14.4 Å². The van der Waals surface area contributed by atoms with Crippen LogP contribution < -0.4 is 15.5 Å². The second-order valence-corrected chi connectivity index (χ2v) is 7.28. The Morgan fingerprint density at radius 2 is 1.58 bits per heavy atom. The lowest BCUT2D eigenvalue weighted by Crippen LogP contribution is -2.42. The number of amides is 3. The molecule has 0 saturated carbocycles. The quantitative estimate of drug-likeness (QED) is 0.498. The maximum absolute atomic E-state index is 14.4. The van der Waals surface area contributed by atoms with E-state index in [-0.39, 0.29) is 25.1 Å².